The van der Waals surface area contributed by atoms with Crippen LogP contribution in [-0.4, -0.2) is 12.0 Å². The van der Waals surface area contributed by atoms with Crippen molar-refractivity contribution < 1.29 is 13.9 Å². The first-order valence-corrected chi connectivity index (χ1v) is 7.18. The summed E-state index contributed by atoms with van der Waals surface area (Å²) >= 11 is 0. The fraction of sp³-hybridized carbons (Fsp3) is 0.278. The fourth-order valence-corrected chi connectivity index (χ4v) is 2.18. The molecule has 2 rings (SSSR count). The Hall–Kier alpha value is -2.36. The Bertz CT molecular complexity index is 697. The van der Waals surface area contributed by atoms with E-state index in [1.807, 2.05) is 26.8 Å². The van der Waals surface area contributed by atoms with Crippen LogP contribution in [-0.2, 0) is 4.79 Å². The van der Waals surface area contributed by atoms with Crippen LogP contribution in [0.25, 0.3) is 0 Å². The molecule has 0 aliphatic rings. The molecule has 1 atom stereocenters. The molecule has 0 aromatic heterocycles. The lowest BCUT2D eigenvalue weighted by molar-refractivity contribution is -0.122. The van der Waals surface area contributed by atoms with E-state index in [9.17, 15) is 9.18 Å². The fourth-order valence-electron chi connectivity index (χ4n) is 2.18. The molecular weight excluding hydrogens is 281 g/mol. The topological polar surface area (TPSA) is 38.3 Å². The van der Waals surface area contributed by atoms with E-state index in [1.165, 1.54) is 12.1 Å². The van der Waals surface area contributed by atoms with E-state index in [2.05, 4.69) is 11.4 Å². The van der Waals surface area contributed by atoms with Crippen LogP contribution in [0.1, 0.15) is 23.6 Å². The average molecular weight is 301 g/mol. The van der Waals surface area contributed by atoms with Gasteiger partial charge in [-0.25, -0.2) is 4.39 Å². The summed E-state index contributed by atoms with van der Waals surface area (Å²) in [6.45, 7) is 7.62. The maximum atomic E-state index is 13.1. The minimum atomic E-state index is -0.678. The van der Waals surface area contributed by atoms with E-state index >= 15 is 0 Å². The van der Waals surface area contributed by atoms with E-state index in [0.717, 1.165) is 16.7 Å². The van der Waals surface area contributed by atoms with Crippen LogP contribution in [0, 0.1) is 26.6 Å². The van der Waals surface area contributed by atoms with E-state index in [4.69, 9.17) is 4.74 Å². The van der Waals surface area contributed by atoms with Gasteiger partial charge < -0.3 is 10.1 Å². The molecule has 0 spiro atoms. The lowest BCUT2D eigenvalue weighted by Crippen LogP contribution is -2.30. The van der Waals surface area contributed by atoms with Crippen LogP contribution in [0.5, 0.6) is 5.75 Å². The third kappa shape index (κ3) is 3.85. The second kappa shape index (κ2) is 6.60. The molecular formula is C18H20FNO2. The number of benzene rings is 2. The SMILES string of the molecule is Cc1cc(C)c(C)c(O[C@@H](C)C(=O)Nc2cccc(F)c2)c1. The first-order valence-electron chi connectivity index (χ1n) is 7.18. The molecule has 116 valence electrons. The molecule has 0 saturated carbocycles. The zero-order valence-corrected chi connectivity index (χ0v) is 13.2. The van der Waals surface area contributed by atoms with Gasteiger partial charge in [-0.3, -0.25) is 4.79 Å². The van der Waals surface area contributed by atoms with Crippen LogP contribution in [0.15, 0.2) is 36.4 Å². The quantitative estimate of drug-likeness (QED) is 0.921. The molecule has 2 aromatic rings. The van der Waals surface area contributed by atoms with Gasteiger partial charge in [0, 0.05) is 5.69 Å². The summed E-state index contributed by atoms with van der Waals surface area (Å²) in [4.78, 5) is 12.2. The molecule has 0 aliphatic heterocycles. The van der Waals surface area contributed by atoms with Gasteiger partial charge in [-0.2, -0.15) is 0 Å². The Morgan fingerprint density at radius 2 is 1.91 bits per heavy atom. The third-order valence-corrected chi connectivity index (χ3v) is 3.53. The van der Waals surface area contributed by atoms with Crippen molar-refractivity contribution in [2.75, 3.05) is 5.32 Å². The van der Waals surface area contributed by atoms with Crippen molar-refractivity contribution in [1.82, 2.24) is 0 Å². The smallest absolute Gasteiger partial charge is 0.265 e. The highest BCUT2D eigenvalue weighted by molar-refractivity contribution is 5.94. The second-order valence-electron chi connectivity index (χ2n) is 5.46. The molecule has 0 aliphatic carbocycles. The van der Waals surface area contributed by atoms with Crippen LogP contribution in [0.2, 0.25) is 0 Å². The van der Waals surface area contributed by atoms with Gasteiger partial charge in [0.25, 0.3) is 5.91 Å². The number of hydrogen-bond acceptors (Lipinski definition) is 2. The highest BCUT2D eigenvalue weighted by Gasteiger charge is 2.16. The lowest BCUT2D eigenvalue weighted by atomic mass is 10.1. The van der Waals surface area contributed by atoms with Crippen LogP contribution < -0.4 is 10.1 Å². The Morgan fingerprint density at radius 3 is 2.59 bits per heavy atom. The predicted octanol–water partition coefficient (Wildman–Crippen LogP) is 4.16. The number of nitrogens with one attached hydrogen (secondary N) is 1. The van der Waals surface area contributed by atoms with Crippen LogP contribution in [0.3, 0.4) is 0 Å². The molecule has 0 bridgehead atoms. The van der Waals surface area contributed by atoms with Gasteiger partial charge in [0.1, 0.15) is 11.6 Å². The second-order valence-corrected chi connectivity index (χ2v) is 5.46. The first-order chi connectivity index (χ1) is 10.4. The monoisotopic (exact) mass is 301 g/mol. The summed E-state index contributed by atoms with van der Waals surface area (Å²) in [7, 11) is 0. The lowest BCUT2D eigenvalue weighted by Gasteiger charge is -2.18. The number of hydrogen-bond donors (Lipinski definition) is 1. The highest BCUT2D eigenvalue weighted by Crippen LogP contribution is 2.24. The Balaban J connectivity index is 2.09. The number of ether oxygens (including phenoxy) is 1. The van der Waals surface area contributed by atoms with Crippen LogP contribution in [0.4, 0.5) is 10.1 Å². The van der Waals surface area contributed by atoms with Gasteiger partial charge in [-0.05, 0) is 68.7 Å². The summed E-state index contributed by atoms with van der Waals surface area (Å²) in [5.74, 6) is -0.0138. The normalized spacial score (nSPS) is 11.9. The average Bonchev–Trinajstić information content (AvgIpc) is 2.44. The third-order valence-electron chi connectivity index (χ3n) is 3.53. The van der Waals surface area contributed by atoms with Gasteiger partial charge >= 0.3 is 0 Å². The van der Waals surface area contributed by atoms with Crippen LogP contribution >= 0.6 is 0 Å². The minimum Gasteiger partial charge on any atom is -0.481 e. The summed E-state index contributed by atoms with van der Waals surface area (Å²) in [5.41, 5.74) is 3.62. The van der Waals surface area contributed by atoms with Crippen molar-refractivity contribution in [3.05, 3.63) is 58.9 Å². The number of halogens is 1. The molecule has 4 heteroatoms. The molecule has 0 unspecified atom stereocenters. The number of amides is 1. The number of anilines is 1. The molecule has 0 saturated heterocycles. The standard InChI is InChI=1S/C18H20FNO2/c1-11-8-12(2)13(3)17(9-11)22-14(4)18(21)20-16-7-5-6-15(19)10-16/h5-10,14H,1-4H3,(H,20,21)/t14-/m0/s1. The molecule has 3 nitrogen and oxygen atoms in total. The maximum absolute atomic E-state index is 13.1. The Labute approximate surface area is 130 Å². The summed E-state index contributed by atoms with van der Waals surface area (Å²) in [5, 5.41) is 2.65. The van der Waals surface area contributed by atoms with E-state index < -0.39 is 11.9 Å². The molecule has 0 fully saturated rings. The molecule has 2 aromatic carbocycles. The molecule has 0 radical (unpaired) electrons. The van der Waals surface area contributed by atoms with Crippen molar-refractivity contribution in [2.45, 2.75) is 33.8 Å². The predicted molar refractivity (Wildman–Crippen MR) is 85.8 cm³/mol. The Kier molecular flexibility index (Phi) is 4.81. The van der Waals surface area contributed by atoms with Gasteiger partial charge in [0.2, 0.25) is 0 Å². The van der Waals surface area contributed by atoms with E-state index in [-0.39, 0.29) is 5.91 Å². The van der Waals surface area contributed by atoms with Crippen molar-refractivity contribution in [1.29, 1.82) is 0 Å². The Morgan fingerprint density at radius 1 is 1.18 bits per heavy atom. The zero-order valence-electron chi connectivity index (χ0n) is 13.2. The van der Waals surface area contributed by atoms with E-state index in [1.54, 1.807) is 19.1 Å². The summed E-state index contributed by atoms with van der Waals surface area (Å²) in [6.07, 6.45) is -0.678. The highest BCUT2D eigenvalue weighted by atomic mass is 19.1. The van der Waals surface area contributed by atoms with E-state index in [0.29, 0.717) is 11.4 Å². The largest absolute Gasteiger partial charge is 0.481 e. The van der Waals surface area contributed by atoms with Crippen molar-refractivity contribution in [3.63, 3.8) is 0 Å². The van der Waals surface area contributed by atoms with Crippen molar-refractivity contribution in [3.8, 4) is 5.75 Å². The molecule has 22 heavy (non-hydrogen) atoms. The molecule has 0 heterocycles. The molecule has 1 N–H and O–H groups in total. The number of carbonyl (C=O) groups excluding carboxylic acids is 1. The van der Waals surface area contributed by atoms with Crippen molar-refractivity contribution >= 4 is 11.6 Å². The first kappa shape index (κ1) is 16.0. The van der Waals surface area contributed by atoms with Crippen molar-refractivity contribution in [2.24, 2.45) is 0 Å². The van der Waals surface area contributed by atoms with Gasteiger partial charge in [0.15, 0.2) is 6.10 Å². The maximum Gasteiger partial charge on any atom is 0.265 e. The summed E-state index contributed by atoms with van der Waals surface area (Å²) in [6, 6.07) is 9.76. The number of aryl methyl sites for hydroxylation is 2. The van der Waals surface area contributed by atoms with Gasteiger partial charge in [-0.15, -0.1) is 0 Å². The van der Waals surface area contributed by atoms with Gasteiger partial charge in [0.05, 0.1) is 0 Å². The number of rotatable bonds is 4. The minimum absolute atomic E-state index is 0.316. The summed E-state index contributed by atoms with van der Waals surface area (Å²) < 4.78 is 18.9. The molecule has 1 amide bonds. The number of carbonyl (C=O) groups is 1. The zero-order chi connectivity index (χ0) is 16.3. The van der Waals surface area contributed by atoms with Gasteiger partial charge in [-0.1, -0.05) is 12.1 Å².